The monoisotopic (exact) mass is 218 g/mol. The van der Waals surface area contributed by atoms with Crippen molar-refractivity contribution in [1.29, 1.82) is 0 Å². The molecule has 84 valence electrons. The van der Waals surface area contributed by atoms with Gasteiger partial charge in [-0.05, 0) is 37.5 Å². The van der Waals surface area contributed by atoms with Gasteiger partial charge in [-0.3, -0.25) is 9.63 Å². The van der Waals surface area contributed by atoms with Crippen LogP contribution in [0, 0.1) is 0 Å². The Kier molecular flexibility index (Phi) is 1.94. The molecular weight excluding hydrogens is 204 g/mol. The van der Waals surface area contributed by atoms with Gasteiger partial charge in [0, 0.05) is 5.69 Å². The summed E-state index contributed by atoms with van der Waals surface area (Å²) < 4.78 is 0. The Morgan fingerprint density at radius 2 is 2.19 bits per heavy atom. The van der Waals surface area contributed by atoms with Gasteiger partial charge in [-0.1, -0.05) is 6.07 Å². The number of nitrogens with zero attached hydrogens (tertiary/aromatic N) is 1. The van der Waals surface area contributed by atoms with E-state index in [9.17, 15) is 4.79 Å². The molecule has 1 aromatic rings. The van der Waals surface area contributed by atoms with E-state index in [-0.39, 0.29) is 11.5 Å². The average molecular weight is 218 g/mol. The number of carbonyl (C=O) groups is 1. The first-order valence-corrected chi connectivity index (χ1v) is 5.56. The minimum atomic E-state index is -0.207. The SMILES string of the molecule is Nc1cccc(N2OC3(CCC3)CC2=O)c1. The van der Waals surface area contributed by atoms with E-state index in [4.69, 9.17) is 10.6 Å². The number of rotatable bonds is 1. The molecule has 1 spiro atoms. The summed E-state index contributed by atoms with van der Waals surface area (Å²) in [6.07, 6.45) is 3.62. The van der Waals surface area contributed by atoms with E-state index in [0.717, 1.165) is 24.9 Å². The van der Waals surface area contributed by atoms with Crippen LogP contribution in [0.15, 0.2) is 24.3 Å². The number of benzene rings is 1. The topological polar surface area (TPSA) is 55.6 Å². The lowest BCUT2D eigenvalue weighted by Crippen LogP contribution is -2.37. The number of nitrogens with two attached hydrogens (primary N) is 1. The molecular formula is C12H14N2O2. The van der Waals surface area contributed by atoms with E-state index < -0.39 is 0 Å². The highest BCUT2D eigenvalue weighted by Crippen LogP contribution is 2.45. The van der Waals surface area contributed by atoms with Gasteiger partial charge in [-0.2, -0.15) is 5.06 Å². The third-order valence-electron chi connectivity index (χ3n) is 3.35. The second-order valence-corrected chi connectivity index (χ2v) is 4.59. The summed E-state index contributed by atoms with van der Waals surface area (Å²) in [7, 11) is 0. The summed E-state index contributed by atoms with van der Waals surface area (Å²) in [6, 6.07) is 7.22. The first kappa shape index (κ1) is 9.66. The Balaban J connectivity index is 1.88. The quantitative estimate of drug-likeness (QED) is 0.732. The number of hydrogen-bond donors (Lipinski definition) is 1. The smallest absolute Gasteiger partial charge is 0.253 e. The van der Waals surface area contributed by atoms with E-state index in [0.29, 0.717) is 12.1 Å². The summed E-state index contributed by atoms with van der Waals surface area (Å²) in [6.45, 7) is 0. The molecule has 16 heavy (non-hydrogen) atoms. The van der Waals surface area contributed by atoms with Crippen LogP contribution < -0.4 is 10.8 Å². The lowest BCUT2D eigenvalue weighted by Gasteiger charge is -2.35. The van der Waals surface area contributed by atoms with Gasteiger partial charge in [0.1, 0.15) is 5.60 Å². The van der Waals surface area contributed by atoms with Crippen LogP contribution in [0.2, 0.25) is 0 Å². The van der Waals surface area contributed by atoms with E-state index in [1.54, 1.807) is 12.1 Å². The molecule has 0 unspecified atom stereocenters. The highest BCUT2D eigenvalue weighted by Gasteiger charge is 2.49. The zero-order valence-electron chi connectivity index (χ0n) is 8.98. The predicted octanol–water partition coefficient (Wildman–Crippen LogP) is 1.86. The van der Waals surface area contributed by atoms with Crippen LogP contribution in [0.1, 0.15) is 25.7 Å². The van der Waals surface area contributed by atoms with Crippen molar-refractivity contribution in [3.63, 3.8) is 0 Å². The number of hydrogen-bond acceptors (Lipinski definition) is 3. The van der Waals surface area contributed by atoms with Crippen LogP contribution in [0.25, 0.3) is 0 Å². The first-order chi connectivity index (χ1) is 7.69. The van der Waals surface area contributed by atoms with Crippen LogP contribution in [-0.2, 0) is 9.63 Å². The zero-order chi connectivity index (χ0) is 11.2. The minimum absolute atomic E-state index is 0.0327. The molecule has 0 atom stereocenters. The fourth-order valence-corrected chi connectivity index (χ4v) is 2.31. The predicted molar refractivity (Wildman–Crippen MR) is 60.6 cm³/mol. The van der Waals surface area contributed by atoms with Crippen LogP contribution in [0.4, 0.5) is 11.4 Å². The van der Waals surface area contributed by atoms with Crippen LogP contribution in [0.3, 0.4) is 0 Å². The highest BCUT2D eigenvalue weighted by molar-refractivity contribution is 5.94. The number of nitrogen functional groups attached to an aromatic ring is 1. The number of carbonyl (C=O) groups excluding carboxylic acids is 1. The summed E-state index contributed by atoms with van der Waals surface area (Å²) in [5, 5.41) is 1.40. The van der Waals surface area contributed by atoms with Gasteiger partial charge in [0.2, 0.25) is 0 Å². The maximum absolute atomic E-state index is 11.9. The van der Waals surface area contributed by atoms with Crippen molar-refractivity contribution < 1.29 is 9.63 Å². The summed E-state index contributed by atoms with van der Waals surface area (Å²) >= 11 is 0. The molecule has 1 saturated carbocycles. The second kappa shape index (κ2) is 3.22. The van der Waals surface area contributed by atoms with Gasteiger partial charge in [0.05, 0.1) is 12.1 Å². The van der Waals surface area contributed by atoms with Crippen molar-refractivity contribution in [3.05, 3.63) is 24.3 Å². The van der Waals surface area contributed by atoms with Crippen molar-refractivity contribution in [2.75, 3.05) is 10.8 Å². The van der Waals surface area contributed by atoms with Gasteiger partial charge < -0.3 is 5.73 Å². The summed E-state index contributed by atoms with van der Waals surface area (Å²) in [5.74, 6) is 0.0327. The standard InChI is InChI=1S/C12H14N2O2/c13-9-3-1-4-10(7-9)14-11(15)8-12(16-14)5-2-6-12/h1,3-4,7H,2,5-6,8,13H2. The lowest BCUT2D eigenvalue weighted by molar-refractivity contribution is -0.120. The average Bonchev–Trinajstić information content (AvgIpc) is 2.56. The molecule has 1 aliphatic carbocycles. The third kappa shape index (κ3) is 1.38. The molecule has 1 heterocycles. The van der Waals surface area contributed by atoms with Crippen LogP contribution in [0.5, 0.6) is 0 Å². The maximum Gasteiger partial charge on any atom is 0.253 e. The van der Waals surface area contributed by atoms with Gasteiger partial charge in [-0.15, -0.1) is 0 Å². The summed E-state index contributed by atoms with van der Waals surface area (Å²) in [5.41, 5.74) is 6.86. The number of amides is 1. The number of hydroxylamine groups is 1. The third-order valence-corrected chi connectivity index (χ3v) is 3.35. The largest absolute Gasteiger partial charge is 0.399 e. The van der Waals surface area contributed by atoms with E-state index in [2.05, 4.69) is 0 Å². The molecule has 0 bridgehead atoms. The van der Waals surface area contributed by atoms with Crippen molar-refractivity contribution in [1.82, 2.24) is 0 Å². The van der Waals surface area contributed by atoms with Gasteiger partial charge in [0.15, 0.2) is 0 Å². The van der Waals surface area contributed by atoms with Crippen molar-refractivity contribution in [2.24, 2.45) is 0 Å². The lowest BCUT2D eigenvalue weighted by atomic mass is 9.78. The second-order valence-electron chi connectivity index (χ2n) is 4.59. The Labute approximate surface area is 93.9 Å². The molecule has 2 N–H and O–H groups in total. The van der Waals surface area contributed by atoms with E-state index in [1.807, 2.05) is 12.1 Å². The Bertz CT molecular complexity index is 440. The molecule has 1 saturated heterocycles. The molecule has 0 aromatic heterocycles. The van der Waals surface area contributed by atoms with E-state index >= 15 is 0 Å². The first-order valence-electron chi connectivity index (χ1n) is 5.56. The molecule has 4 nitrogen and oxygen atoms in total. The molecule has 0 radical (unpaired) electrons. The number of anilines is 2. The fraction of sp³-hybridized carbons (Fsp3) is 0.417. The van der Waals surface area contributed by atoms with Gasteiger partial charge >= 0.3 is 0 Å². The molecule has 1 aliphatic heterocycles. The summed E-state index contributed by atoms with van der Waals surface area (Å²) in [4.78, 5) is 17.6. The van der Waals surface area contributed by atoms with Gasteiger partial charge in [-0.25, -0.2) is 0 Å². The zero-order valence-corrected chi connectivity index (χ0v) is 8.98. The molecule has 4 heteroatoms. The molecule has 1 aromatic carbocycles. The Morgan fingerprint density at radius 3 is 2.75 bits per heavy atom. The Morgan fingerprint density at radius 1 is 1.38 bits per heavy atom. The van der Waals surface area contributed by atoms with Crippen LogP contribution >= 0.6 is 0 Å². The Hall–Kier alpha value is -1.55. The minimum Gasteiger partial charge on any atom is -0.399 e. The fourth-order valence-electron chi connectivity index (χ4n) is 2.31. The van der Waals surface area contributed by atoms with Crippen LogP contribution in [-0.4, -0.2) is 11.5 Å². The molecule has 3 rings (SSSR count). The normalized spacial score (nSPS) is 22.5. The molecule has 2 fully saturated rings. The van der Waals surface area contributed by atoms with Crippen molar-refractivity contribution in [2.45, 2.75) is 31.3 Å². The molecule has 2 aliphatic rings. The van der Waals surface area contributed by atoms with Crippen molar-refractivity contribution in [3.8, 4) is 0 Å². The highest BCUT2D eigenvalue weighted by atomic mass is 16.7. The maximum atomic E-state index is 11.9. The van der Waals surface area contributed by atoms with Crippen molar-refractivity contribution >= 4 is 17.3 Å². The van der Waals surface area contributed by atoms with E-state index in [1.165, 1.54) is 5.06 Å². The van der Waals surface area contributed by atoms with Gasteiger partial charge in [0.25, 0.3) is 5.91 Å². The molecule has 1 amide bonds.